The highest BCUT2D eigenvalue weighted by atomic mass is 16.4. The number of aryl methyl sites for hydroxylation is 2. The van der Waals surface area contributed by atoms with Crippen molar-refractivity contribution in [3.63, 3.8) is 0 Å². The third-order valence-electron chi connectivity index (χ3n) is 5.57. The van der Waals surface area contributed by atoms with E-state index in [4.69, 9.17) is 14.4 Å². The quantitative estimate of drug-likeness (QED) is 0.458. The second kappa shape index (κ2) is 7.26. The summed E-state index contributed by atoms with van der Waals surface area (Å²) in [5.74, 6) is 0.594. The van der Waals surface area contributed by atoms with Crippen LogP contribution in [0.3, 0.4) is 0 Å². The van der Waals surface area contributed by atoms with Gasteiger partial charge in [0.15, 0.2) is 5.65 Å². The summed E-state index contributed by atoms with van der Waals surface area (Å²) in [6.07, 6.45) is 0.200. The number of aromatic nitrogens is 3. The average molecular weight is 409 g/mol. The molecule has 1 amide bonds. The summed E-state index contributed by atoms with van der Waals surface area (Å²) in [5.41, 5.74) is 5.28. The maximum atomic E-state index is 12.7. The fourth-order valence-electron chi connectivity index (χ4n) is 3.86. The number of benzene rings is 2. The van der Waals surface area contributed by atoms with E-state index in [1.54, 1.807) is 13.8 Å². The van der Waals surface area contributed by atoms with Gasteiger partial charge < -0.3 is 8.98 Å². The molecule has 0 bridgehead atoms. The number of carbonyl (C=O) groups is 1. The number of fused-ring (bicyclic) bond motifs is 4. The number of hydrogen-bond acceptors (Lipinski definition) is 5. The molecule has 0 unspecified atom stereocenters. The number of hydrogen-bond donors (Lipinski definition) is 1. The van der Waals surface area contributed by atoms with Crippen molar-refractivity contribution < 1.29 is 9.21 Å². The lowest BCUT2D eigenvalue weighted by Gasteiger charge is -2.07. The summed E-state index contributed by atoms with van der Waals surface area (Å²) in [4.78, 5) is 22.3. The molecule has 0 saturated heterocycles. The molecule has 31 heavy (non-hydrogen) atoms. The largest absolute Gasteiger partial charge is 0.444 e. The van der Waals surface area contributed by atoms with Crippen LogP contribution in [0.5, 0.6) is 0 Å². The number of nitrogens with zero attached hydrogens (tertiary/aromatic N) is 4. The van der Waals surface area contributed by atoms with Crippen LogP contribution in [0.2, 0.25) is 0 Å². The van der Waals surface area contributed by atoms with Crippen molar-refractivity contribution in [1.29, 1.82) is 5.26 Å². The lowest BCUT2D eigenvalue weighted by molar-refractivity contribution is -0.116. The minimum atomic E-state index is -0.232. The number of nitriles is 1. The third-order valence-corrected chi connectivity index (χ3v) is 5.57. The monoisotopic (exact) mass is 409 g/mol. The summed E-state index contributed by atoms with van der Waals surface area (Å²) in [6, 6.07) is 17.8. The van der Waals surface area contributed by atoms with Crippen LogP contribution in [-0.2, 0) is 11.3 Å². The zero-order valence-electron chi connectivity index (χ0n) is 17.1. The topological polar surface area (TPSA) is 96.7 Å². The number of amides is 1. The Kier molecular flexibility index (Phi) is 4.41. The van der Waals surface area contributed by atoms with Crippen LogP contribution in [0.25, 0.3) is 33.1 Å². The Morgan fingerprint density at radius 2 is 1.81 bits per heavy atom. The molecule has 0 aliphatic rings. The normalized spacial score (nSPS) is 11.3. The zero-order valence-corrected chi connectivity index (χ0v) is 17.1. The number of para-hydroxylation sites is 3. The van der Waals surface area contributed by atoms with Crippen LogP contribution in [-0.4, -0.2) is 20.4 Å². The van der Waals surface area contributed by atoms with E-state index in [1.807, 2.05) is 53.1 Å². The molecule has 5 aromatic rings. The van der Waals surface area contributed by atoms with E-state index in [9.17, 15) is 10.1 Å². The van der Waals surface area contributed by atoms with Crippen molar-refractivity contribution >= 4 is 44.9 Å². The molecule has 152 valence electrons. The molecule has 0 radical (unpaired) electrons. The predicted octanol–water partition coefficient (Wildman–Crippen LogP) is 4.85. The Balaban J connectivity index is 1.50. The molecule has 0 fully saturated rings. The minimum absolute atomic E-state index is 0.200. The van der Waals surface area contributed by atoms with Gasteiger partial charge in [0, 0.05) is 23.9 Å². The first-order chi connectivity index (χ1) is 15.1. The first-order valence-electron chi connectivity index (χ1n) is 10.0. The molecule has 5 rings (SSSR count). The second-order valence-corrected chi connectivity index (χ2v) is 7.45. The summed E-state index contributed by atoms with van der Waals surface area (Å²) >= 11 is 0. The number of nitrogens with one attached hydrogen (secondary N) is 1. The van der Waals surface area contributed by atoms with E-state index in [0.29, 0.717) is 17.9 Å². The summed E-state index contributed by atoms with van der Waals surface area (Å²) in [6.45, 7) is 3.99. The molecule has 0 atom stereocenters. The Bertz CT molecular complexity index is 1520. The van der Waals surface area contributed by atoms with Crippen molar-refractivity contribution in [2.75, 3.05) is 5.32 Å². The molecule has 0 aliphatic heterocycles. The fourth-order valence-corrected chi connectivity index (χ4v) is 3.86. The molecule has 3 aromatic heterocycles. The Labute approximate surface area is 177 Å². The molecule has 3 heterocycles. The van der Waals surface area contributed by atoms with Crippen molar-refractivity contribution in [2.24, 2.45) is 0 Å². The molecular formula is C24H19N5O2. The van der Waals surface area contributed by atoms with Crippen LogP contribution in [0.15, 0.2) is 52.9 Å². The van der Waals surface area contributed by atoms with Crippen molar-refractivity contribution in [3.8, 4) is 6.07 Å². The highest BCUT2D eigenvalue weighted by Gasteiger charge is 2.18. The SMILES string of the molecule is Cc1oc(NC(=O)CCn2c3ccccc3c3nc4ccccc4nc32)c(C#N)c1C. The molecular weight excluding hydrogens is 390 g/mol. The van der Waals surface area contributed by atoms with Crippen LogP contribution in [0.1, 0.15) is 23.3 Å². The molecule has 2 aromatic carbocycles. The number of carbonyl (C=O) groups excluding carboxylic acids is 1. The highest BCUT2D eigenvalue weighted by Crippen LogP contribution is 2.29. The van der Waals surface area contributed by atoms with Crippen LogP contribution >= 0.6 is 0 Å². The van der Waals surface area contributed by atoms with Gasteiger partial charge in [-0.25, -0.2) is 9.97 Å². The van der Waals surface area contributed by atoms with E-state index in [1.165, 1.54) is 0 Å². The van der Waals surface area contributed by atoms with E-state index in [0.717, 1.165) is 38.7 Å². The van der Waals surface area contributed by atoms with E-state index in [-0.39, 0.29) is 18.2 Å². The molecule has 7 heteroatoms. The van der Waals surface area contributed by atoms with Gasteiger partial charge in [-0.2, -0.15) is 5.26 Å². The zero-order chi connectivity index (χ0) is 21.5. The van der Waals surface area contributed by atoms with Crippen molar-refractivity contribution in [3.05, 3.63) is 65.4 Å². The lowest BCUT2D eigenvalue weighted by Crippen LogP contribution is -2.15. The summed E-state index contributed by atoms with van der Waals surface area (Å²) in [5, 5.41) is 13.1. The number of furan rings is 1. The van der Waals surface area contributed by atoms with Crippen molar-refractivity contribution in [2.45, 2.75) is 26.8 Å². The lowest BCUT2D eigenvalue weighted by atomic mass is 10.2. The Morgan fingerprint density at radius 3 is 2.58 bits per heavy atom. The van der Waals surface area contributed by atoms with Gasteiger partial charge in [-0.05, 0) is 32.0 Å². The Morgan fingerprint density at radius 1 is 1.10 bits per heavy atom. The maximum absolute atomic E-state index is 12.7. The van der Waals surface area contributed by atoms with Gasteiger partial charge in [-0.15, -0.1) is 0 Å². The van der Waals surface area contributed by atoms with Gasteiger partial charge in [0.25, 0.3) is 0 Å². The van der Waals surface area contributed by atoms with E-state index < -0.39 is 0 Å². The van der Waals surface area contributed by atoms with Crippen LogP contribution < -0.4 is 5.32 Å². The van der Waals surface area contributed by atoms with Gasteiger partial charge in [0.05, 0.1) is 16.6 Å². The fraction of sp³-hybridized carbons (Fsp3) is 0.167. The van der Waals surface area contributed by atoms with Gasteiger partial charge in [-0.1, -0.05) is 30.3 Å². The number of anilines is 1. The van der Waals surface area contributed by atoms with E-state index in [2.05, 4.69) is 11.4 Å². The average Bonchev–Trinajstić information content (AvgIpc) is 3.23. The van der Waals surface area contributed by atoms with Crippen molar-refractivity contribution in [1.82, 2.24) is 14.5 Å². The standard InChI is InChI=1S/C24H19N5O2/c1-14-15(2)31-24(17(14)13-25)28-21(30)11-12-29-20-10-6-3-7-16(20)22-23(29)27-19-9-5-4-8-18(19)26-22/h3-10H,11-12H2,1-2H3,(H,28,30). The molecule has 1 N–H and O–H groups in total. The maximum Gasteiger partial charge on any atom is 0.228 e. The van der Waals surface area contributed by atoms with Crippen LogP contribution in [0, 0.1) is 25.2 Å². The van der Waals surface area contributed by atoms with Crippen LogP contribution in [0.4, 0.5) is 5.88 Å². The molecule has 0 aliphatic carbocycles. The molecule has 0 spiro atoms. The van der Waals surface area contributed by atoms with Gasteiger partial charge in [0.1, 0.15) is 22.9 Å². The predicted molar refractivity (Wildman–Crippen MR) is 119 cm³/mol. The highest BCUT2D eigenvalue weighted by molar-refractivity contribution is 6.06. The van der Waals surface area contributed by atoms with Gasteiger partial charge in [0.2, 0.25) is 11.8 Å². The minimum Gasteiger partial charge on any atom is -0.444 e. The number of rotatable bonds is 4. The third kappa shape index (κ3) is 3.09. The molecule has 7 nitrogen and oxygen atoms in total. The Hall–Kier alpha value is -4.18. The van der Waals surface area contributed by atoms with Gasteiger partial charge >= 0.3 is 0 Å². The summed E-state index contributed by atoms with van der Waals surface area (Å²) < 4.78 is 7.57. The first-order valence-corrected chi connectivity index (χ1v) is 10.0. The van der Waals surface area contributed by atoms with Gasteiger partial charge in [-0.3, -0.25) is 10.1 Å². The first kappa shape index (κ1) is 18.8. The molecule has 0 saturated carbocycles. The second-order valence-electron chi connectivity index (χ2n) is 7.45. The van der Waals surface area contributed by atoms with E-state index >= 15 is 0 Å². The summed E-state index contributed by atoms with van der Waals surface area (Å²) in [7, 11) is 0. The smallest absolute Gasteiger partial charge is 0.228 e.